The van der Waals surface area contributed by atoms with Gasteiger partial charge >= 0.3 is 6.61 Å². The largest absolute Gasteiger partial charge is 0.434 e. The molecule has 4 nitrogen and oxygen atoms in total. The van der Waals surface area contributed by atoms with Crippen molar-refractivity contribution in [2.24, 2.45) is 5.73 Å². The predicted molar refractivity (Wildman–Crippen MR) is 77.2 cm³/mol. The van der Waals surface area contributed by atoms with Gasteiger partial charge in [0.15, 0.2) is 0 Å². The molecule has 1 atom stereocenters. The monoisotopic (exact) mass is 300 g/mol. The molecule has 0 aliphatic carbocycles. The van der Waals surface area contributed by atoms with Crippen LogP contribution >= 0.6 is 0 Å². The Bertz CT molecular complexity index is 441. The van der Waals surface area contributed by atoms with E-state index in [1.54, 1.807) is 25.1 Å². The second kappa shape index (κ2) is 9.28. The first-order chi connectivity index (χ1) is 10.0. The van der Waals surface area contributed by atoms with Crippen molar-refractivity contribution in [1.82, 2.24) is 5.32 Å². The maximum Gasteiger partial charge on any atom is 0.387 e. The first-order valence-electron chi connectivity index (χ1n) is 7.07. The first-order valence-corrected chi connectivity index (χ1v) is 7.07. The van der Waals surface area contributed by atoms with Gasteiger partial charge in [-0.25, -0.2) is 0 Å². The van der Waals surface area contributed by atoms with Gasteiger partial charge in [-0.1, -0.05) is 24.6 Å². The summed E-state index contributed by atoms with van der Waals surface area (Å²) in [7, 11) is 0. The van der Waals surface area contributed by atoms with Crippen LogP contribution in [-0.2, 0) is 4.79 Å². The van der Waals surface area contributed by atoms with Gasteiger partial charge in [-0.05, 0) is 32.4 Å². The van der Waals surface area contributed by atoms with E-state index in [0.29, 0.717) is 18.5 Å². The van der Waals surface area contributed by atoms with Crippen LogP contribution in [0.25, 0.3) is 0 Å². The van der Waals surface area contributed by atoms with Crippen LogP contribution in [0.15, 0.2) is 24.3 Å². The van der Waals surface area contributed by atoms with Crippen LogP contribution in [0.3, 0.4) is 0 Å². The number of benzene rings is 1. The van der Waals surface area contributed by atoms with Crippen LogP contribution in [0.5, 0.6) is 5.75 Å². The highest BCUT2D eigenvalue weighted by Gasteiger charge is 2.16. The quantitative estimate of drug-likeness (QED) is 0.689. The maximum atomic E-state index is 12.3. The molecular weight excluding hydrogens is 278 g/mol. The zero-order valence-electron chi connectivity index (χ0n) is 12.1. The molecule has 0 aromatic heterocycles. The maximum absolute atomic E-state index is 12.3. The minimum atomic E-state index is -2.88. The zero-order valence-corrected chi connectivity index (χ0v) is 12.1. The van der Waals surface area contributed by atoms with Crippen LogP contribution in [0.1, 0.15) is 44.2 Å². The van der Waals surface area contributed by atoms with Gasteiger partial charge in [0.1, 0.15) is 5.75 Å². The lowest BCUT2D eigenvalue weighted by molar-refractivity contribution is -0.121. The molecule has 6 heteroatoms. The number of hydrogen-bond donors (Lipinski definition) is 2. The minimum absolute atomic E-state index is 0.0865. The predicted octanol–water partition coefficient (Wildman–Crippen LogP) is 2.98. The summed E-state index contributed by atoms with van der Waals surface area (Å²) in [5.41, 5.74) is 5.92. The number of rotatable bonds is 9. The van der Waals surface area contributed by atoms with E-state index in [2.05, 4.69) is 10.1 Å². The number of nitrogens with one attached hydrogen (secondary N) is 1. The average molecular weight is 300 g/mol. The number of carbonyl (C=O) groups is 1. The summed E-state index contributed by atoms with van der Waals surface area (Å²) in [5.74, 6) is -0.0187. The summed E-state index contributed by atoms with van der Waals surface area (Å²) in [6.07, 6.45) is 2.98. The third kappa shape index (κ3) is 6.53. The number of nitrogens with two attached hydrogens (primary N) is 1. The molecule has 0 heterocycles. The Balaban J connectivity index is 2.54. The van der Waals surface area contributed by atoms with E-state index in [0.717, 1.165) is 19.3 Å². The van der Waals surface area contributed by atoms with Crippen LogP contribution in [0.2, 0.25) is 0 Å². The van der Waals surface area contributed by atoms with Crippen molar-refractivity contribution in [3.8, 4) is 5.75 Å². The van der Waals surface area contributed by atoms with E-state index in [9.17, 15) is 13.6 Å². The fraction of sp³-hybridized carbons (Fsp3) is 0.533. The Kier molecular flexibility index (Phi) is 7.68. The van der Waals surface area contributed by atoms with Crippen molar-refractivity contribution in [3.05, 3.63) is 29.8 Å². The molecule has 0 saturated heterocycles. The molecule has 0 aliphatic heterocycles. The van der Waals surface area contributed by atoms with Crippen molar-refractivity contribution in [1.29, 1.82) is 0 Å². The van der Waals surface area contributed by atoms with Gasteiger partial charge in [0.25, 0.3) is 0 Å². The van der Waals surface area contributed by atoms with Crippen LogP contribution in [-0.4, -0.2) is 19.1 Å². The molecule has 1 unspecified atom stereocenters. The Morgan fingerprint density at radius 2 is 2.00 bits per heavy atom. The lowest BCUT2D eigenvalue weighted by Gasteiger charge is -2.18. The lowest BCUT2D eigenvalue weighted by Crippen LogP contribution is -2.26. The Morgan fingerprint density at radius 1 is 1.29 bits per heavy atom. The van der Waals surface area contributed by atoms with Crippen LogP contribution < -0.4 is 15.8 Å². The van der Waals surface area contributed by atoms with Crippen molar-refractivity contribution in [2.45, 2.75) is 45.3 Å². The van der Waals surface area contributed by atoms with Gasteiger partial charge < -0.3 is 15.8 Å². The van der Waals surface area contributed by atoms with Gasteiger partial charge in [0, 0.05) is 12.0 Å². The normalized spacial score (nSPS) is 12.2. The summed E-state index contributed by atoms with van der Waals surface area (Å²) < 4.78 is 29.2. The highest BCUT2D eigenvalue weighted by Crippen LogP contribution is 2.26. The first kappa shape index (κ1) is 17.4. The highest BCUT2D eigenvalue weighted by atomic mass is 19.3. The van der Waals surface area contributed by atoms with Crippen molar-refractivity contribution in [3.63, 3.8) is 0 Å². The van der Waals surface area contributed by atoms with Crippen LogP contribution in [0.4, 0.5) is 8.78 Å². The van der Waals surface area contributed by atoms with Crippen molar-refractivity contribution < 1.29 is 18.3 Å². The fourth-order valence-electron chi connectivity index (χ4n) is 2.04. The number of halogens is 2. The molecule has 0 radical (unpaired) electrons. The fourth-order valence-corrected chi connectivity index (χ4v) is 2.04. The Morgan fingerprint density at radius 3 is 2.67 bits per heavy atom. The number of amides is 1. The molecule has 1 amide bonds. The molecule has 21 heavy (non-hydrogen) atoms. The van der Waals surface area contributed by atoms with Gasteiger partial charge in [-0.2, -0.15) is 8.78 Å². The van der Waals surface area contributed by atoms with Gasteiger partial charge in [0.2, 0.25) is 5.91 Å². The van der Waals surface area contributed by atoms with E-state index in [4.69, 9.17) is 5.73 Å². The summed E-state index contributed by atoms with van der Waals surface area (Å²) >= 11 is 0. The smallest absolute Gasteiger partial charge is 0.387 e. The van der Waals surface area contributed by atoms with Crippen LogP contribution in [0, 0.1) is 0 Å². The molecule has 118 valence electrons. The van der Waals surface area contributed by atoms with Crippen molar-refractivity contribution >= 4 is 5.91 Å². The number of ether oxygens (including phenoxy) is 1. The summed E-state index contributed by atoms with van der Waals surface area (Å²) in [6.45, 7) is -0.521. The third-order valence-electron chi connectivity index (χ3n) is 3.09. The number of alkyl halides is 2. The molecule has 1 aromatic carbocycles. The summed E-state index contributed by atoms with van der Waals surface area (Å²) in [6, 6.07) is 6.07. The molecule has 0 saturated carbocycles. The summed E-state index contributed by atoms with van der Waals surface area (Å²) in [4.78, 5) is 11.8. The molecule has 0 fully saturated rings. The van der Waals surface area contributed by atoms with E-state index >= 15 is 0 Å². The lowest BCUT2D eigenvalue weighted by atomic mass is 10.1. The van der Waals surface area contributed by atoms with Gasteiger partial charge in [-0.3, -0.25) is 4.79 Å². The van der Waals surface area contributed by atoms with Gasteiger partial charge in [-0.15, -0.1) is 0 Å². The number of para-hydroxylation sites is 1. The minimum Gasteiger partial charge on any atom is -0.434 e. The standard InChI is InChI=1S/C15H22F2N2O2/c1-11(19-14(20)9-3-2-6-10-18)12-7-4-5-8-13(12)21-15(16)17/h4-5,7-8,11,15H,2-3,6,9-10,18H2,1H3,(H,19,20). The molecule has 1 rings (SSSR count). The van der Waals surface area contributed by atoms with E-state index < -0.39 is 6.61 Å². The third-order valence-corrected chi connectivity index (χ3v) is 3.09. The second-order valence-corrected chi connectivity index (χ2v) is 4.80. The zero-order chi connectivity index (χ0) is 15.7. The van der Waals surface area contributed by atoms with Gasteiger partial charge in [0.05, 0.1) is 6.04 Å². The average Bonchev–Trinajstić information content (AvgIpc) is 2.43. The number of hydrogen-bond acceptors (Lipinski definition) is 3. The molecule has 0 bridgehead atoms. The van der Waals surface area contributed by atoms with Crippen molar-refractivity contribution in [2.75, 3.05) is 6.54 Å². The van der Waals surface area contributed by atoms with E-state index in [-0.39, 0.29) is 17.7 Å². The number of unbranched alkanes of at least 4 members (excludes halogenated alkanes) is 2. The van der Waals surface area contributed by atoms with E-state index in [1.807, 2.05) is 0 Å². The molecular formula is C15H22F2N2O2. The molecule has 3 N–H and O–H groups in total. The summed E-state index contributed by atoms with van der Waals surface area (Å²) in [5, 5.41) is 2.79. The Labute approximate surface area is 123 Å². The highest BCUT2D eigenvalue weighted by molar-refractivity contribution is 5.76. The SMILES string of the molecule is CC(NC(=O)CCCCCN)c1ccccc1OC(F)F. The molecule has 0 spiro atoms. The second-order valence-electron chi connectivity index (χ2n) is 4.80. The Hall–Kier alpha value is -1.69. The number of carbonyl (C=O) groups excluding carboxylic acids is 1. The molecule has 0 aliphatic rings. The molecule has 1 aromatic rings. The van der Waals surface area contributed by atoms with E-state index in [1.165, 1.54) is 6.07 Å². The topological polar surface area (TPSA) is 64.4 Å².